The predicted molar refractivity (Wildman–Crippen MR) is 79.3 cm³/mol. The minimum Gasteiger partial charge on any atom is -0.382 e. The van der Waals surface area contributed by atoms with E-state index < -0.39 is 5.91 Å². The number of hydrogen-bond acceptors (Lipinski definition) is 5. The lowest BCUT2D eigenvalue weighted by Crippen LogP contribution is -2.23. The predicted octanol–water partition coefficient (Wildman–Crippen LogP) is 1.53. The summed E-state index contributed by atoms with van der Waals surface area (Å²) in [7, 11) is 0. The van der Waals surface area contributed by atoms with Gasteiger partial charge in [0.1, 0.15) is 5.69 Å². The van der Waals surface area contributed by atoms with Crippen LogP contribution in [-0.2, 0) is 4.74 Å². The minimum absolute atomic E-state index is 0.0504. The number of ketones is 1. The molecule has 21 heavy (non-hydrogen) atoms. The Hall–Kier alpha value is -2.21. The smallest absolute Gasteiger partial charge is 0.268 e. The second-order valence-electron chi connectivity index (χ2n) is 5.04. The molecule has 1 aromatic rings. The van der Waals surface area contributed by atoms with E-state index in [0.717, 1.165) is 18.9 Å². The Morgan fingerprint density at radius 1 is 1.57 bits per heavy atom. The number of rotatable bonds is 6. The first-order valence-corrected chi connectivity index (χ1v) is 6.87. The molecule has 2 heterocycles. The van der Waals surface area contributed by atoms with Gasteiger partial charge in [0.05, 0.1) is 17.8 Å². The Balaban J connectivity index is 2.21. The number of hydrogen-bond donors (Lipinski definition) is 2. The number of aromatic nitrogens is 1. The molecule has 0 aliphatic carbocycles. The summed E-state index contributed by atoms with van der Waals surface area (Å²) >= 11 is 0. The molecule has 6 nitrogen and oxygen atoms in total. The van der Waals surface area contributed by atoms with Crippen molar-refractivity contribution in [1.29, 1.82) is 0 Å². The summed E-state index contributed by atoms with van der Waals surface area (Å²) in [6.07, 6.45) is 4.92. The molecule has 1 aromatic heterocycles. The number of pyridine rings is 1. The van der Waals surface area contributed by atoms with Gasteiger partial charge in [0.15, 0.2) is 5.78 Å². The molecule has 0 saturated carbocycles. The maximum absolute atomic E-state index is 12.0. The normalized spacial score (nSPS) is 21.0. The third kappa shape index (κ3) is 3.46. The third-order valence-corrected chi connectivity index (χ3v) is 3.46. The van der Waals surface area contributed by atoms with Crippen LogP contribution in [0, 0.1) is 0 Å². The van der Waals surface area contributed by atoms with Crippen LogP contribution in [0.15, 0.2) is 24.9 Å². The second kappa shape index (κ2) is 6.49. The van der Waals surface area contributed by atoms with Crippen molar-refractivity contribution in [2.45, 2.75) is 32.0 Å². The third-order valence-electron chi connectivity index (χ3n) is 3.46. The van der Waals surface area contributed by atoms with Gasteiger partial charge in [-0.25, -0.2) is 0 Å². The van der Waals surface area contributed by atoms with E-state index in [9.17, 15) is 9.59 Å². The summed E-state index contributed by atoms with van der Waals surface area (Å²) < 4.78 is 5.71. The summed E-state index contributed by atoms with van der Waals surface area (Å²) in [6, 6.07) is 1.64. The van der Waals surface area contributed by atoms with Gasteiger partial charge in [0.2, 0.25) is 0 Å². The van der Waals surface area contributed by atoms with Crippen molar-refractivity contribution in [3.63, 3.8) is 0 Å². The van der Waals surface area contributed by atoms with Crippen LogP contribution in [0.4, 0.5) is 5.69 Å². The van der Waals surface area contributed by atoms with Crippen LogP contribution in [0.5, 0.6) is 0 Å². The number of ether oxygens (including phenoxy) is 1. The van der Waals surface area contributed by atoms with Crippen LogP contribution in [0.1, 0.15) is 40.6 Å². The molecule has 112 valence electrons. The maximum Gasteiger partial charge on any atom is 0.268 e. The molecule has 2 unspecified atom stereocenters. The Labute approximate surface area is 123 Å². The number of allylic oxidation sites excluding steroid dienone is 1. The molecule has 3 N–H and O–H groups in total. The van der Waals surface area contributed by atoms with E-state index >= 15 is 0 Å². The van der Waals surface area contributed by atoms with E-state index in [0.29, 0.717) is 12.2 Å². The molecule has 2 rings (SSSR count). The monoisotopic (exact) mass is 289 g/mol. The van der Waals surface area contributed by atoms with Gasteiger partial charge in [0.25, 0.3) is 5.91 Å². The summed E-state index contributed by atoms with van der Waals surface area (Å²) in [4.78, 5) is 27.3. The molecule has 1 amide bonds. The topological polar surface area (TPSA) is 94.3 Å². The maximum atomic E-state index is 12.0. The van der Waals surface area contributed by atoms with Gasteiger partial charge in [-0.05, 0) is 31.9 Å². The first kappa shape index (κ1) is 15.2. The van der Waals surface area contributed by atoms with Crippen LogP contribution in [0.25, 0.3) is 0 Å². The van der Waals surface area contributed by atoms with Crippen molar-refractivity contribution in [2.24, 2.45) is 5.73 Å². The van der Waals surface area contributed by atoms with Crippen LogP contribution >= 0.6 is 0 Å². The highest BCUT2D eigenvalue weighted by Crippen LogP contribution is 2.22. The van der Waals surface area contributed by atoms with Gasteiger partial charge in [-0.3, -0.25) is 14.6 Å². The summed E-state index contributed by atoms with van der Waals surface area (Å²) in [5.41, 5.74) is 5.90. The molecular formula is C15H19N3O3. The fourth-order valence-corrected chi connectivity index (χ4v) is 2.41. The van der Waals surface area contributed by atoms with Gasteiger partial charge < -0.3 is 15.8 Å². The van der Waals surface area contributed by atoms with Crippen molar-refractivity contribution < 1.29 is 14.3 Å². The molecule has 1 fully saturated rings. The van der Waals surface area contributed by atoms with E-state index in [1.165, 1.54) is 6.20 Å². The summed E-state index contributed by atoms with van der Waals surface area (Å²) in [5.74, 6) is -1.13. The number of anilines is 1. The van der Waals surface area contributed by atoms with Crippen molar-refractivity contribution in [3.05, 3.63) is 36.2 Å². The summed E-state index contributed by atoms with van der Waals surface area (Å²) in [5, 5.41) is 3.14. The molecule has 1 aliphatic heterocycles. The lowest BCUT2D eigenvalue weighted by atomic mass is 10.1. The number of primary amides is 1. The Bertz CT molecular complexity index is 571. The van der Waals surface area contributed by atoms with Gasteiger partial charge in [0, 0.05) is 18.4 Å². The van der Waals surface area contributed by atoms with Crippen molar-refractivity contribution >= 4 is 17.4 Å². The summed E-state index contributed by atoms with van der Waals surface area (Å²) in [6.45, 7) is 6.04. The molecule has 1 aliphatic rings. The van der Waals surface area contributed by atoms with Gasteiger partial charge in [-0.15, -0.1) is 0 Å². The molecule has 0 radical (unpaired) electrons. The standard InChI is InChI=1S/C15H19N3O3/c1-3-12(19)13-11(6-7-17-14(13)15(16)20)18-8-10-5-4-9(2)21-10/h3,6-7,9-10H,1,4-5,8H2,2H3,(H2,16,20)(H,17,18). The van der Waals surface area contributed by atoms with E-state index in [2.05, 4.69) is 16.9 Å². The quantitative estimate of drug-likeness (QED) is 0.611. The van der Waals surface area contributed by atoms with Crippen LogP contribution in [0.2, 0.25) is 0 Å². The van der Waals surface area contributed by atoms with Gasteiger partial charge >= 0.3 is 0 Å². The zero-order valence-corrected chi connectivity index (χ0v) is 12.0. The number of carbonyl (C=O) groups is 2. The molecule has 0 spiro atoms. The number of amides is 1. The molecule has 1 saturated heterocycles. The van der Waals surface area contributed by atoms with E-state index in [-0.39, 0.29) is 29.2 Å². The van der Waals surface area contributed by atoms with E-state index in [1.807, 2.05) is 6.92 Å². The van der Waals surface area contributed by atoms with Crippen molar-refractivity contribution in [2.75, 3.05) is 11.9 Å². The highest BCUT2D eigenvalue weighted by molar-refractivity contribution is 6.14. The van der Waals surface area contributed by atoms with Crippen LogP contribution < -0.4 is 11.1 Å². The highest BCUT2D eigenvalue weighted by Gasteiger charge is 2.23. The SMILES string of the molecule is C=CC(=O)c1c(NCC2CCC(C)O2)ccnc1C(N)=O. The highest BCUT2D eigenvalue weighted by atomic mass is 16.5. The largest absolute Gasteiger partial charge is 0.382 e. The molecule has 0 aromatic carbocycles. The second-order valence-corrected chi connectivity index (χ2v) is 5.04. The number of nitrogens with one attached hydrogen (secondary N) is 1. The zero-order valence-electron chi connectivity index (χ0n) is 12.0. The first-order chi connectivity index (χ1) is 10.0. The average Bonchev–Trinajstić information content (AvgIpc) is 2.89. The van der Waals surface area contributed by atoms with Gasteiger partial charge in [-0.1, -0.05) is 6.58 Å². The fraction of sp³-hybridized carbons (Fsp3) is 0.400. The van der Waals surface area contributed by atoms with E-state index in [1.54, 1.807) is 6.07 Å². The molecule has 0 bridgehead atoms. The molecule has 6 heteroatoms. The Morgan fingerprint density at radius 3 is 2.90 bits per heavy atom. The van der Waals surface area contributed by atoms with Gasteiger partial charge in [-0.2, -0.15) is 0 Å². The first-order valence-electron chi connectivity index (χ1n) is 6.87. The number of nitrogens with zero attached hydrogens (tertiary/aromatic N) is 1. The Kier molecular flexibility index (Phi) is 4.70. The molecular weight excluding hydrogens is 270 g/mol. The molecule has 2 atom stereocenters. The number of carbonyl (C=O) groups excluding carboxylic acids is 2. The minimum atomic E-state index is -0.741. The van der Waals surface area contributed by atoms with Crippen LogP contribution in [0.3, 0.4) is 0 Å². The lowest BCUT2D eigenvalue weighted by Gasteiger charge is -2.16. The van der Waals surface area contributed by atoms with Crippen molar-refractivity contribution in [3.8, 4) is 0 Å². The number of nitrogens with two attached hydrogens (primary N) is 1. The van der Waals surface area contributed by atoms with Crippen LogP contribution in [-0.4, -0.2) is 35.4 Å². The van der Waals surface area contributed by atoms with E-state index in [4.69, 9.17) is 10.5 Å². The van der Waals surface area contributed by atoms with Crippen molar-refractivity contribution in [1.82, 2.24) is 4.98 Å². The fourth-order valence-electron chi connectivity index (χ4n) is 2.41. The lowest BCUT2D eigenvalue weighted by molar-refractivity contribution is 0.0636. The zero-order chi connectivity index (χ0) is 15.4. The average molecular weight is 289 g/mol. The Morgan fingerprint density at radius 2 is 2.33 bits per heavy atom.